The van der Waals surface area contributed by atoms with Crippen molar-refractivity contribution in [3.8, 4) is 11.4 Å². The molecule has 3 aromatic carbocycles. The summed E-state index contributed by atoms with van der Waals surface area (Å²) in [5, 5.41) is 7.15. The number of halogens is 2. The maximum atomic E-state index is 13.9. The first kappa shape index (κ1) is 23.4. The Kier molecular flexibility index (Phi) is 6.10. The van der Waals surface area contributed by atoms with Crippen LogP contribution in [0.3, 0.4) is 0 Å². The molecule has 0 spiro atoms. The van der Waals surface area contributed by atoms with Crippen molar-refractivity contribution >= 4 is 17.3 Å². The number of urea groups is 1. The summed E-state index contributed by atoms with van der Waals surface area (Å²) in [6, 6.07) is 17.3. The van der Waals surface area contributed by atoms with Gasteiger partial charge in [0.15, 0.2) is 0 Å². The van der Waals surface area contributed by atoms with Crippen LogP contribution in [0.15, 0.2) is 77.0 Å². The molecule has 1 unspecified atom stereocenters. The number of hydrogen-bond donors (Lipinski definition) is 1. The molecule has 0 radical (unpaired) electrons. The quantitative estimate of drug-likeness (QED) is 0.346. The molecular formula is C28H24F2N4O2. The number of nitrogens with one attached hydrogen (secondary N) is 1. The summed E-state index contributed by atoms with van der Waals surface area (Å²) in [4.78, 5) is 19.4. The Morgan fingerprint density at radius 2 is 1.72 bits per heavy atom. The number of benzene rings is 3. The van der Waals surface area contributed by atoms with Crippen molar-refractivity contribution in [1.82, 2.24) is 15.5 Å². The summed E-state index contributed by atoms with van der Waals surface area (Å²) >= 11 is 0. The fourth-order valence-corrected chi connectivity index (χ4v) is 4.34. The van der Waals surface area contributed by atoms with E-state index in [1.165, 1.54) is 28.7 Å². The fraction of sp³-hybridized carbons (Fsp3) is 0.179. The lowest BCUT2D eigenvalue weighted by molar-refractivity contribution is 0.244. The number of allylic oxidation sites excluding steroid dienone is 1. The number of carbonyl (C=O) groups excluding carboxylic acids is 1. The molecule has 1 aliphatic heterocycles. The summed E-state index contributed by atoms with van der Waals surface area (Å²) in [7, 11) is 0. The molecule has 0 aliphatic carbocycles. The van der Waals surface area contributed by atoms with Crippen molar-refractivity contribution in [2.75, 3.05) is 4.90 Å². The summed E-state index contributed by atoms with van der Waals surface area (Å²) in [5.41, 5.74) is 4.74. The van der Waals surface area contributed by atoms with E-state index in [2.05, 4.69) is 22.4 Å². The monoisotopic (exact) mass is 486 g/mol. The molecule has 6 nitrogen and oxygen atoms in total. The third-order valence-corrected chi connectivity index (χ3v) is 6.36. The zero-order chi connectivity index (χ0) is 25.4. The zero-order valence-electron chi connectivity index (χ0n) is 20.0. The second-order valence-corrected chi connectivity index (χ2v) is 8.68. The third-order valence-electron chi connectivity index (χ3n) is 6.36. The van der Waals surface area contributed by atoms with Crippen LogP contribution in [0.25, 0.3) is 17.0 Å². The second-order valence-electron chi connectivity index (χ2n) is 8.68. The van der Waals surface area contributed by atoms with Crippen molar-refractivity contribution in [3.63, 3.8) is 0 Å². The molecule has 8 heteroatoms. The highest BCUT2D eigenvalue weighted by Gasteiger charge is 2.36. The minimum absolute atomic E-state index is 0.222. The number of rotatable bonds is 5. The Morgan fingerprint density at radius 1 is 1.00 bits per heavy atom. The molecule has 0 bridgehead atoms. The highest BCUT2D eigenvalue weighted by Crippen LogP contribution is 2.39. The van der Waals surface area contributed by atoms with Crippen molar-refractivity contribution in [2.24, 2.45) is 0 Å². The van der Waals surface area contributed by atoms with Crippen LogP contribution in [0.4, 0.5) is 19.3 Å². The molecule has 1 atom stereocenters. The Labute approximate surface area is 207 Å². The Hall–Kier alpha value is -4.33. The third kappa shape index (κ3) is 4.26. The van der Waals surface area contributed by atoms with Gasteiger partial charge in [0.1, 0.15) is 11.6 Å². The molecule has 2 amide bonds. The topological polar surface area (TPSA) is 71.3 Å². The molecule has 182 valence electrons. The lowest BCUT2D eigenvalue weighted by Gasteiger charge is -2.35. The van der Waals surface area contributed by atoms with Crippen molar-refractivity contribution in [1.29, 1.82) is 0 Å². The number of anilines is 1. The van der Waals surface area contributed by atoms with Gasteiger partial charge in [-0.25, -0.2) is 13.6 Å². The lowest BCUT2D eigenvalue weighted by Crippen LogP contribution is -2.46. The van der Waals surface area contributed by atoms with Crippen molar-refractivity contribution < 1.29 is 18.1 Å². The van der Waals surface area contributed by atoms with Gasteiger partial charge < -0.3 is 9.84 Å². The standard InChI is InChI=1S/C28H24F2N4O2/c1-4-18-5-7-19(8-6-18)25-24(27-32-26(33-36-27)20-9-11-21(29)12-10-20)17(3)34(28(35)31-25)22-13-14-23(30)16(2)15-22/h5-15,25H,4H2,1-3H3,(H,31,35). The first-order chi connectivity index (χ1) is 17.4. The zero-order valence-corrected chi connectivity index (χ0v) is 20.0. The van der Waals surface area contributed by atoms with Gasteiger partial charge in [0.05, 0.1) is 17.3 Å². The molecule has 2 heterocycles. The van der Waals surface area contributed by atoms with Crippen LogP contribution in [0.2, 0.25) is 0 Å². The average molecular weight is 487 g/mol. The van der Waals surface area contributed by atoms with Crippen LogP contribution >= 0.6 is 0 Å². The molecule has 36 heavy (non-hydrogen) atoms. The normalized spacial score (nSPS) is 15.9. The first-order valence-electron chi connectivity index (χ1n) is 11.6. The van der Waals surface area contributed by atoms with E-state index in [0.29, 0.717) is 33.9 Å². The van der Waals surface area contributed by atoms with Gasteiger partial charge >= 0.3 is 6.03 Å². The van der Waals surface area contributed by atoms with E-state index in [4.69, 9.17) is 4.52 Å². The minimum atomic E-state index is -0.553. The molecule has 0 saturated carbocycles. The van der Waals surface area contributed by atoms with Gasteiger partial charge in [-0.1, -0.05) is 36.3 Å². The predicted octanol–water partition coefficient (Wildman–Crippen LogP) is 6.59. The average Bonchev–Trinajstić information content (AvgIpc) is 3.36. The van der Waals surface area contributed by atoms with Gasteiger partial charge in [0.2, 0.25) is 5.82 Å². The fourth-order valence-electron chi connectivity index (χ4n) is 4.34. The Bertz CT molecular complexity index is 1460. The highest BCUT2D eigenvalue weighted by molar-refractivity contribution is 6.01. The lowest BCUT2D eigenvalue weighted by atomic mass is 9.93. The largest absolute Gasteiger partial charge is 0.334 e. The highest BCUT2D eigenvalue weighted by atomic mass is 19.1. The molecule has 5 rings (SSSR count). The summed E-state index contributed by atoms with van der Waals surface area (Å²) in [5.74, 6) is -0.198. The van der Waals surface area contributed by atoms with E-state index < -0.39 is 6.04 Å². The smallest absolute Gasteiger partial charge is 0.326 e. The summed E-state index contributed by atoms with van der Waals surface area (Å²) < 4.78 is 33.0. The van der Waals surface area contributed by atoms with Gasteiger partial charge in [-0.05, 0) is 79.4 Å². The number of carbonyl (C=O) groups is 1. The minimum Gasteiger partial charge on any atom is -0.334 e. The second kappa shape index (κ2) is 9.37. The number of amides is 2. The van der Waals surface area contributed by atoms with Crippen molar-refractivity contribution in [3.05, 3.63) is 107 Å². The van der Waals surface area contributed by atoms with Crippen LogP contribution in [0, 0.1) is 18.6 Å². The van der Waals surface area contributed by atoms with Crippen LogP contribution in [-0.4, -0.2) is 16.2 Å². The molecule has 1 N–H and O–H groups in total. The number of hydrogen-bond acceptors (Lipinski definition) is 4. The number of aryl methyl sites for hydroxylation is 2. The number of aromatic nitrogens is 2. The SMILES string of the molecule is CCc1ccc(C2NC(=O)N(c3ccc(F)c(C)c3)C(C)=C2c2nc(-c3ccc(F)cc3)no2)cc1. The van der Waals surface area contributed by atoms with E-state index >= 15 is 0 Å². The molecule has 0 fully saturated rings. The van der Waals surface area contributed by atoms with E-state index in [1.807, 2.05) is 24.3 Å². The van der Waals surface area contributed by atoms with E-state index in [-0.39, 0.29) is 23.6 Å². The maximum Gasteiger partial charge on any atom is 0.326 e. The molecule has 1 aromatic heterocycles. The predicted molar refractivity (Wildman–Crippen MR) is 133 cm³/mol. The Balaban J connectivity index is 1.65. The Morgan fingerprint density at radius 3 is 2.39 bits per heavy atom. The van der Waals surface area contributed by atoms with Crippen LogP contribution in [0.1, 0.15) is 42.5 Å². The van der Waals surface area contributed by atoms with E-state index in [0.717, 1.165) is 12.0 Å². The first-order valence-corrected chi connectivity index (χ1v) is 11.6. The van der Waals surface area contributed by atoms with Crippen LogP contribution in [0.5, 0.6) is 0 Å². The van der Waals surface area contributed by atoms with Crippen LogP contribution < -0.4 is 10.2 Å². The molecule has 1 aliphatic rings. The van der Waals surface area contributed by atoms with E-state index in [1.54, 1.807) is 38.1 Å². The van der Waals surface area contributed by atoms with Crippen molar-refractivity contribution in [2.45, 2.75) is 33.2 Å². The van der Waals surface area contributed by atoms with Gasteiger partial charge in [-0.2, -0.15) is 4.98 Å². The van der Waals surface area contributed by atoms with Gasteiger partial charge in [0.25, 0.3) is 5.89 Å². The van der Waals surface area contributed by atoms with Gasteiger partial charge in [-0.3, -0.25) is 4.90 Å². The molecular weight excluding hydrogens is 462 g/mol. The molecule has 4 aromatic rings. The maximum absolute atomic E-state index is 13.9. The van der Waals surface area contributed by atoms with E-state index in [9.17, 15) is 13.6 Å². The van der Waals surface area contributed by atoms with Crippen LogP contribution in [-0.2, 0) is 6.42 Å². The number of nitrogens with zero attached hydrogens (tertiary/aromatic N) is 3. The molecule has 0 saturated heterocycles. The summed E-state index contributed by atoms with van der Waals surface area (Å²) in [6.07, 6.45) is 0.890. The summed E-state index contributed by atoms with van der Waals surface area (Å²) in [6.45, 7) is 5.51. The van der Waals surface area contributed by atoms with Gasteiger partial charge in [-0.15, -0.1) is 0 Å². The van der Waals surface area contributed by atoms with Gasteiger partial charge in [0, 0.05) is 11.3 Å².